The van der Waals surface area contributed by atoms with E-state index in [2.05, 4.69) is 4.79 Å². The molecule has 0 amide bonds. The maximum atomic E-state index is 11.5. The molecule has 0 atom stereocenters. The van der Waals surface area contributed by atoms with Crippen LogP contribution in [0.4, 0.5) is 0 Å². The first-order valence-corrected chi connectivity index (χ1v) is 4.50. The molecule has 0 spiro atoms. The summed E-state index contributed by atoms with van der Waals surface area (Å²) in [7, 11) is 1.71. The fourth-order valence-corrected chi connectivity index (χ4v) is 1.61. The average molecular weight is 199 g/mol. The summed E-state index contributed by atoms with van der Waals surface area (Å²) < 4.78 is 1.56. The summed E-state index contributed by atoms with van der Waals surface area (Å²) in [6, 6.07) is 8.92. The van der Waals surface area contributed by atoms with Crippen molar-refractivity contribution in [1.82, 2.24) is 4.57 Å². The first-order valence-electron chi connectivity index (χ1n) is 4.50. The molecule has 74 valence electrons. The lowest BCUT2D eigenvalue weighted by Crippen LogP contribution is -2.17. The van der Waals surface area contributed by atoms with E-state index in [0.29, 0.717) is 5.56 Å². The van der Waals surface area contributed by atoms with E-state index >= 15 is 0 Å². The largest absolute Gasteiger partial charge is 0.361 e. The van der Waals surface area contributed by atoms with Crippen molar-refractivity contribution in [2.75, 3.05) is 0 Å². The SMILES string of the molecule is Cn1c(=O)cc(C=[N+]=[N-])c2ccccc21. The Labute approximate surface area is 86.0 Å². The third-order valence-corrected chi connectivity index (χ3v) is 2.38. The summed E-state index contributed by atoms with van der Waals surface area (Å²) >= 11 is 0. The van der Waals surface area contributed by atoms with Gasteiger partial charge in [-0.05, 0) is 6.07 Å². The number of fused-ring (bicyclic) bond motifs is 1. The summed E-state index contributed by atoms with van der Waals surface area (Å²) in [5.41, 5.74) is 9.82. The van der Waals surface area contributed by atoms with Gasteiger partial charge in [0.15, 0.2) is 0 Å². The minimum Gasteiger partial charge on any atom is -0.361 e. The summed E-state index contributed by atoms with van der Waals surface area (Å²) in [4.78, 5) is 14.5. The molecule has 1 aromatic carbocycles. The highest BCUT2D eigenvalue weighted by atomic mass is 16.1. The van der Waals surface area contributed by atoms with Crippen LogP contribution < -0.4 is 5.56 Å². The van der Waals surface area contributed by atoms with E-state index in [1.54, 1.807) is 11.6 Å². The Morgan fingerprint density at radius 2 is 2.13 bits per heavy atom. The van der Waals surface area contributed by atoms with Crippen LogP contribution in [0.1, 0.15) is 5.56 Å². The third kappa shape index (κ3) is 1.47. The van der Waals surface area contributed by atoms with Crippen LogP contribution >= 0.6 is 0 Å². The molecule has 1 heterocycles. The van der Waals surface area contributed by atoms with Gasteiger partial charge in [-0.15, -0.1) is 0 Å². The number of para-hydroxylation sites is 1. The minimum absolute atomic E-state index is 0.122. The van der Waals surface area contributed by atoms with E-state index in [9.17, 15) is 4.79 Å². The molecule has 0 fully saturated rings. The number of hydrogen-bond acceptors (Lipinski definition) is 1. The number of aryl methyl sites for hydroxylation is 1. The molecule has 4 heteroatoms. The van der Waals surface area contributed by atoms with Gasteiger partial charge in [-0.25, -0.2) is 0 Å². The Hall–Kier alpha value is -2.19. The summed E-state index contributed by atoms with van der Waals surface area (Å²) in [5, 5.41) is 0.886. The topological polar surface area (TPSA) is 58.4 Å². The summed E-state index contributed by atoms with van der Waals surface area (Å²) in [6.07, 6.45) is 1.27. The average Bonchev–Trinajstić information content (AvgIpc) is 2.26. The highest BCUT2D eigenvalue weighted by Crippen LogP contribution is 2.13. The van der Waals surface area contributed by atoms with E-state index in [4.69, 9.17) is 5.53 Å². The van der Waals surface area contributed by atoms with Crippen LogP contribution in [-0.2, 0) is 7.05 Å². The lowest BCUT2D eigenvalue weighted by Gasteiger charge is -2.04. The van der Waals surface area contributed by atoms with Crippen LogP contribution in [-0.4, -0.2) is 15.6 Å². The van der Waals surface area contributed by atoms with Gasteiger partial charge in [0.25, 0.3) is 11.8 Å². The molecule has 4 nitrogen and oxygen atoms in total. The van der Waals surface area contributed by atoms with Crippen molar-refractivity contribution in [1.29, 1.82) is 0 Å². The molecular formula is C11H9N3O. The number of pyridine rings is 1. The predicted octanol–water partition coefficient (Wildman–Crippen LogP) is 1.19. The second-order valence-electron chi connectivity index (χ2n) is 3.26. The lowest BCUT2D eigenvalue weighted by atomic mass is 10.1. The van der Waals surface area contributed by atoms with Gasteiger partial charge in [-0.1, -0.05) is 18.2 Å². The molecule has 0 aliphatic heterocycles. The van der Waals surface area contributed by atoms with Gasteiger partial charge < -0.3 is 10.1 Å². The van der Waals surface area contributed by atoms with E-state index in [0.717, 1.165) is 10.9 Å². The smallest absolute Gasteiger partial charge is 0.288 e. The zero-order valence-corrected chi connectivity index (χ0v) is 8.21. The van der Waals surface area contributed by atoms with Crippen molar-refractivity contribution in [3.63, 3.8) is 0 Å². The normalized spacial score (nSPS) is 9.93. The van der Waals surface area contributed by atoms with Gasteiger partial charge in [0.1, 0.15) is 0 Å². The zero-order chi connectivity index (χ0) is 10.8. The highest BCUT2D eigenvalue weighted by molar-refractivity contribution is 5.96. The monoisotopic (exact) mass is 199 g/mol. The van der Waals surface area contributed by atoms with Crippen LogP contribution in [0, 0.1) is 0 Å². The van der Waals surface area contributed by atoms with E-state index in [1.165, 1.54) is 12.3 Å². The standard InChI is InChI=1S/C11H9N3O/c1-14-10-5-3-2-4-9(10)8(7-13-12)6-11(14)15/h2-7H,1H3. The number of benzene rings is 1. The van der Waals surface area contributed by atoms with Crippen molar-refractivity contribution >= 4 is 17.1 Å². The molecule has 2 aromatic rings. The molecular weight excluding hydrogens is 190 g/mol. The van der Waals surface area contributed by atoms with Gasteiger partial charge in [0, 0.05) is 18.5 Å². The number of aromatic nitrogens is 1. The van der Waals surface area contributed by atoms with Gasteiger partial charge in [-0.3, -0.25) is 4.79 Å². The molecule has 0 saturated heterocycles. The van der Waals surface area contributed by atoms with Crippen molar-refractivity contribution < 1.29 is 4.79 Å². The molecule has 0 N–H and O–H groups in total. The van der Waals surface area contributed by atoms with E-state index in [-0.39, 0.29) is 5.56 Å². The number of rotatable bonds is 1. The number of hydrogen-bond donors (Lipinski definition) is 0. The van der Waals surface area contributed by atoms with Gasteiger partial charge in [0.05, 0.1) is 11.1 Å². The van der Waals surface area contributed by atoms with Crippen LogP contribution in [0.25, 0.3) is 16.4 Å². The fourth-order valence-electron chi connectivity index (χ4n) is 1.61. The molecule has 0 aliphatic carbocycles. The number of nitrogens with zero attached hydrogens (tertiary/aromatic N) is 3. The first-order chi connectivity index (χ1) is 7.24. The van der Waals surface area contributed by atoms with Crippen molar-refractivity contribution in [2.24, 2.45) is 7.05 Å². The first kappa shape index (κ1) is 9.37. The molecule has 0 unspecified atom stereocenters. The van der Waals surface area contributed by atoms with Gasteiger partial charge >= 0.3 is 0 Å². The summed E-state index contributed by atoms with van der Waals surface area (Å²) in [5.74, 6) is 0. The van der Waals surface area contributed by atoms with Crippen molar-refractivity contribution in [3.05, 3.63) is 51.8 Å². The van der Waals surface area contributed by atoms with Crippen LogP contribution in [0.2, 0.25) is 0 Å². The van der Waals surface area contributed by atoms with Crippen molar-refractivity contribution in [3.8, 4) is 0 Å². The Morgan fingerprint density at radius 3 is 2.87 bits per heavy atom. The molecule has 0 saturated carbocycles. The van der Waals surface area contributed by atoms with Crippen LogP contribution in [0.3, 0.4) is 0 Å². The quantitative estimate of drug-likeness (QED) is 0.386. The minimum atomic E-state index is -0.122. The molecule has 0 radical (unpaired) electrons. The molecule has 0 bridgehead atoms. The zero-order valence-electron chi connectivity index (χ0n) is 8.21. The lowest BCUT2D eigenvalue weighted by molar-refractivity contribution is 0.00465. The Bertz CT molecular complexity index is 621. The van der Waals surface area contributed by atoms with Crippen molar-refractivity contribution in [2.45, 2.75) is 0 Å². The molecule has 1 aromatic heterocycles. The van der Waals surface area contributed by atoms with Crippen LogP contribution in [0.5, 0.6) is 0 Å². The maximum Gasteiger partial charge on any atom is 0.288 e. The second kappa shape index (κ2) is 3.52. The fraction of sp³-hybridized carbons (Fsp3) is 0.0909. The molecule has 0 aliphatic rings. The second-order valence-corrected chi connectivity index (χ2v) is 3.26. The van der Waals surface area contributed by atoms with E-state index < -0.39 is 0 Å². The summed E-state index contributed by atoms with van der Waals surface area (Å²) in [6.45, 7) is 0. The third-order valence-electron chi connectivity index (χ3n) is 2.38. The van der Waals surface area contributed by atoms with Crippen LogP contribution in [0.15, 0.2) is 35.1 Å². The van der Waals surface area contributed by atoms with Gasteiger partial charge in [0.2, 0.25) is 0 Å². The molecule has 15 heavy (non-hydrogen) atoms. The van der Waals surface area contributed by atoms with Gasteiger partial charge in [-0.2, -0.15) is 4.79 Å². The molecule has 2 rings (SSSR count). The van der Waals surface area contributed by atoms with E-state index in [1.807, 2.05) is 24.3 Å². The maximum absolute atomic E-state index is 11.5. The Morgan fingerprint density at radius 1 is 1.40 bits per heavy atom. The predicted molar refractivity (Wildman–Crippen MR) is 58.0 cm³/mol. The highest BCUT2D eigenvalue weighted by Gasteiger charge is 2.06. The Kier molecular flexibility index (Phi) is 2.20. The Balaban J connectivity index is 3.00.